The molecule has 4 aromatic rings. The molecule has 1 amide bonds. The number of rotatable bonds is 4. The number of oxazole rings is 1. The van der Waals surface area contributed by atoms with Crippen molar-refractivity contribution in [3.8, 4) is 10.7 Å². The van der Waals surface area contributed by atoms with E-state index in [1.54, 1.807) is 18.5 Å². The van der Waals surface area contributed by atoms with Crippen LogP contribution in [0.3, 0.4) is 0 Å². The zero-order valence-corrected chi connectivity index (χ0v) is 18.1. The molecule has 2 aliphatic rings. The van der Waals surface area contributed by atoms with E-state index >= 15 is 0 Å². The Kier molecular flexibility index (Phi) is 4.36. The SMILES string of the molecule is O=C(NC1CC2(C1)CC(c1nc3cc(Cl)ccc3o1)C2)c1ccnc(-c2nccs2)c1. The molecule has 0 bridgehead atoms. The topological polar surface area (TPSA) is 80.9 Å². The van der Waals surface area contributed by atoms with Gasteiger partial charge in [0, 0.05) is 40.3 Å². The molecule has 2 saturated carbocycles. The Morgan fingerprint density at radius 1 is 1.13 bits per heavy atom. The Labute approximate surface area is 187 Å². The summed E-state index contributed by atoms with van der Waals surface area (Å²) >= 11 is 7.56. The fourth-order valence-corrected chi connectivity index (χ4v) is 5.75. The summed E-state index contributed by atoms with van der Waals surface area (Å²) in [6.07, 6.45) is 7.53. The summed E-state index contributed by atoms with van der Waals surface area (Å²) in [6.45, 7) is 0. The van der Waals surface area contributed by atoms with Gasteiger partial charge >= 0.3 is 0 Å². The molecule has 156 valence electrons. The van der Waals surface area contributed by atoms with Crippen LogP contribution < -0.4 is 5.32 Å². The zero-order chi connectivity index (χ0) is 21.0. The van der Waals surface area contributed by atoms with E-state index in [1.165, 1.54) is 11.3 Å². The van der Waals surface area contributed by atoms with Gasteiger partial charge < -0.3 is 9.73 Å². The molecule has 0 radical (unpaired) electrons. The highest BCUT2D eigenvalue weighted by molar-refractivity contribution is 7.13. The molecule has 31 heavy (non-hydrogen) atoms. The molecule has 3 heterocycles. The van der Waals surface area contributed by atoms with E-state index in [0.29, 0.717) is 21.9 Å². The highest BCUT2D eigenvalue weighted by atomic mass is 35.5. The first-order valence-corrected chi connectivity index (χ1v) is 11.6. The largest absolute Gasteiger partial charge is 0.440 e. The van der Waals surface area contributed by atoms with Gasteiger partial charge in [0.1, 0.15) is 10.5 Å². The van der Waals surface area contributed by atoms with Crippen LogP contribution in [0.25, 0.3) is 21.8 Å². The molecule has 1 aromatic carbocycles. The minimum absolute atomic E-state index is 0.0493. The smallest absolute Gasteiger partial charge is 0.251 e. The first-order valence-electron chi connectivity index (χ1n) is 10.3. The lowest BCUT2D eigenvalue weighted by atomic mass is 9.50. The zero-order valence-electron chi connectivity index (χ0n) is 16.5. The molecule has 1 N–H and O–H groups in total. The Hall–Kier alpha value is -2.77. The number of hydrogen-bond acceptors (Lipinski definition) is 6. The van der Waals surface area contributed by atoms with E-state index in [-0.39, 0.29) is 11.9 Å². The van der Waals surface area contributed by atoms with E-state index in [2.05, 4.69) is 20.3 Å². The number of benzene rings is 1. The second-order valence-electron chi connectivity index (χ2n) is 8.61. The van der Waals surface area contributed by atoms with Gasteiger partial charge in [-0.1, -0.05) is 11.6 Å². The standard InChI is InChI=1S/C23H19ClN4O2S/c24-15-1-2-19-17(8-15)28-21(30-19)14-9-23(10-14)11-16(12-23)27-20(29)13-3-4-25-18(7-13)22-26-5-6-31-22/h1-8,14,16H,9-12H2,(H,27,29). The number of halogens is 1. The highest BCUT2D eigenvalue weighted by Crippen LogP contribution is 2.61. The van der Waals surface area contributed by atoms with E-state index < -0.39 is 0 Å². The van der Waals surface area contributed by atoms with Crippen LogP contribution in [-0.2, 0) is 0 Å². The summed E-state index contributed by atoms with van der Waals surface area (Å²) in [6, 6.07) is 9.31. The Bertz CT molecular complexity index is 1270. The number of nitrogens with zero attached hydrogens (tertiary/aromatic N) is 3. The van der Waals surface area contributed by atoms with Gasteiger partial charge in [0.05, 0.1) is 5.69 Å². The quantitative estimate of drug-likeness (QED) is 0.446. The number of carbonyl (C=O) groups excluding carboxylic acids is 1. The van der Waals surface area contributed by atoms with Crippen molar-refractivity contribution in [3.05, 3.63) is 64.6 Å². The van der Waals surface area contributed by atoms with Gasteiger partial charge in [-0.05, 0) is 61.4 Å². The van der Waals surface area contributed by atoms with Crippen LogP contribution in [-0.4, -0.2) is 26.9 Å². The maximum absolute atomic E-state index is 12.7. The minimum Gasteiger partial charge on any atom is -0.440 e. The number of pyridine rings is 1. The van der Waals surface area contributed by atoms with Crippen LogP contribution >= 0.6 is 22.9 Å². The van der Waals surface area contributed by atoms with E-state index in [0.717, 1.165) is 53.4 Å². The summed E-state index contributed by atoms with van der Waals surface area (Å²) in [5.41, 5.74) is 3.27. The Morgan fingerprint density at radius 3 is 2.81 bits per heavy atom. The lowest BCUT2D eigenvalue weighted by Crippen LogP contribution is -2.55. The van der Waals surface area contributed by atoms with Crippen LogP contribution in [0.1, 0.15) is 47.8 Å². The maximum Gasteiger partial charge on any atom is 0.251 e. The van der Waals surface area contributed by atoms with Crippen molar-refractivity contribution in [2.45, 2.75) is 37.6 Å². The monoisotopic (exact) mass is 450 g/mol. The molecule has 0 atom stereocenters. The predicted molar refractivity (Wildman–Crippen MR) is 119 cm³/mol. The lowest BCUT2D eigenvalue weighted by molar-refractivity contribution is -0.0253. The third-order valence-electron chi connectivity index (χ3n) is 6.44. The normalized spacial score (nSPS) is 24.7. The van der Waals surface area contributed by atoms with Gasteiger partial charge in [-0.15, -0.1) is 11.3 Å². The highest BCUT2D eigenvalue weighted by Gasteiger charge is 2.54. The molecule has 0 saturated heterocycles. The summed E-state index contributed by atoms with van der Waals surface area (Å²) in [7, 11) is 0. The molecule has 8 heteroatoms. The molecule has 6 nitrogen and oxygen atoms in total. The van der Waals surface area contributed by atoms with Gasteiger partial charge in [0.15, 0.2) is 11.5 Å². The first-order chi connectivity index (χ1) is 15.1. The molecular weight excluding hydrogens is 432 g/mol. The van der Waals surface area contributed by atoms with Crippen LogP contribution in [0.4, 0.5) is 0 Å². The predicted octanol–water partition coefficient (Wildman–Crippen LogP) is 5.46. The number of aromatic nitrogens is 3. The third-order valence-corrected chi connectivity index (χ3v) is 7.47. The van der Waals surface area contributed by atoms with Crippen molar-refractivity contribution >= 4 is 39.9 Å². The lowest BCUT2D eigenvalue weighted by Gasteiger charge is -2.57. The van der Waals surface area contributed by atoms with E-state index in [9.17, 15) is 4.79 Å². The van der Waals surface area contributed by atoms with Gasteiger partial charge in [0.2, 0.25) is 0 Å². The number of thiazole rings is 1. The molecule has 0 unspecified atom stereocenters. The minimum atomic E-state index is -0.0493. The molecule has 0 aliphatic heterocycles. The van der Waals surface area contributed by atoms with E-state index in [1.807, 2.05) is 29.6 Å². The van der Waals surface area contributed by atoms with Crippen molar-refractivity contribution in [2.24, 2.45) is 5.41 Å². The first kappa shape index (κ1) is 19.0. The molecule has 6 rings (SSSR count). The number of carbonyl (C=O) groups is 1. The molecular formula is C23H19ClN4O2S. The van der Waals surface area contributed by atoms with Gasteiger partial charge in [-0.3, -0.25) is 9.78 Å². The van der Waals surface area contributed by atoms with Crippen LogP contribution in [0, 0.1) is 5.41 Å². The maximum atomic E-state index is 12.7. The fraction of sp³-hybridized carbons (Fsp3) is 0.304. The van der Waals surface area contributed by atoms with Gasteiger partial charge in [-0.25, -0.2) is 9.97 Å². The number of hydrogen-bond donors (Lipinski definition) is 1. The average Bonchev–Trinajstić information content (AvgIpc) is 3.38. The van der Waals surface area contributed by atoms with Crippen molar-refractivity contribution < 1.29 is 9.21 Å². The van der Waals surface area contributed by atoms with Crippen molar-refractivity contribution in [2.75, 3.05) is 0 Å². The van der Waals surface area contributed by atoms with Gasteiger partial charge in [0.25, 0.3) is 5.91 Å². The third kappa shape index (κ3) is 3.42. The average molecular weight is 451 g/mol. The van der Waals surface area contributed by atoms with E-state index in [4.69, 9.17) is 16.0 Å². The summed E-state index contributed by atoms with van der Waals surface area (Å²) in [5.74, 6) is 1.11. The van der Waals surface area contributed by atoms with Crippen LogP contribution in [0.5, 0.6) is 0 Å². The molecule has 1 spiro atoms. The van der Waals surface area contributed by atoms with Crippen molar-refractivity contribution in [3.63, 3.8) is 0 Å². The Morgan fingerprint density at radius 2 is 2.00 bits per heavy atom. The van der Waals surface area contributed by atoms with Crippen molar-refractivity contribution in [1.82, 2.24) is 20.3 Å². The second kappa shape index (κ2) is 7.14. The molecule has 2 fully saturated rings. The van der Waals surface area contributed by atoms with Gasteiger partial charge in [-0.2, -0.15) is 0 Å². The summed E-state index contributed by atoms with van der Waals surface area (Å²) < 4.78 is 5.93. The summed E-state index contributed by atoms with van der Waals surface area (Å²) in [5, 5.41) is 6.56. The fourth-order valence-electron chi connectivity index (χ4n) is 4.98. The summed E-state index contributed by atoms with van der Waals surface area (Å²) in [4.78, 5) is 25.9. The molecule has 2 aliphatic carbocycles. The number of nitrogens with one attached hydrogen (secondary N) is 1. The number of fused-ring (bicyclic) bond motifs is 1. The van der Waals surface area contributed by atoms with Crippen LogP contribution in [0.2, 0.25) is 5.02 Å². The van der Waals surface area contributed by atoms with Crippen molar-refractivity contribution in [1.29, 1.82) is 0 Å². The van der Waals surface area contributed by atoms with Crippen LogP contribution in [0.15, 0.2) is 52.5 Å². The second-order valence-corrected chi connectivity index (χ2v) is 9.95. The molecule has 3 aromatic heterocycles. The Balaban J connectivity index is 1.06. The number of amides is 1.